The van der Waals surface area contributed by atoms with Crippen LogP contribution >= 0.6 is 0 Å². The smallest absolute Gasteiger partial charge is 0.261 e. The van der Waals surface area contributed by atoms with Crippen LogP contribution in [0.2, 0.25) is 5.04 Å². The predicted octanol–water partition coefficient (Wildman–Crippen LogP) is 5.02. The molecule has 0 saturated carbocycles. The van der Waals surface area contributed by atoms with Crippen molar-refractivity contribution in [2.75, 3.05) is 24.7 Å². The molecule has 0 unspecified atom stereocenters. The van der Waals surface area contributed by atoms with E-state index in [0.717, 1.165) is 22.5 Å². The van der Waals surface area contributed by atoms with E-state index in [4.69, 9.17) is 20.6 Å². The third-order valence-electron chi connectivity index (χ3n) is 7.24. The highest BCUT2D eigenvalue weighted by Crippen LogP contribution is 2.36. The van der Waals surface area contributed by atoms with Crippen molar-refractivity contribution >= 4 is 41.5 Å². The fraction of sp³-hybridized carbons (Fsp3) is 0.176. The molecular formula is C34H37N7O2Si. The molecule has 0 amide bonds. The van der Waals surface area contributed by atoms with E-state index in [1.165, 1.54) is 10.4 Å². The normalized spacial score (nSPS) is 11.5. The number of rotatable bonds is 8. The highest BCUT2D eigenvalue weighted by molar-refractivity contribution is 6.99. The van der Waals surface area contributed by atoms with E-state index in [-0.39, 0.29) is 11.0 Å². The van der Waals surface area contributed by atoms with Crippen LogP contribution in [-0.4, -0.2) is 46.0 Å². The molecule has 0 atom stereocenters. The minimum absolute atomic E-state index is 0.0675. The van der Waals surface area contributed by atoms with E-state index in [9.17, 15) is 0 Å². The Bertz CT molecular complexity index is 1740. The summed E-state index contributed by atoms with van der Waals surface area (Å²) in [5.41, 5.74) is 11.9. The molecule has 10 heteroatoms. The summed E-state index contributed by atoms with van der Waals surface area (Å²) in [6.07, 6.45) is 6.83. The van der Waals surface area contributed by atoms with Crippen molar-refractivity contribution in [2.24, 2.45) is 0 Å². The Morgan fingerprint density at radius 3 is 1.91 bits per heavy atom. The number of hydrogen-bond donors (Lipinski definition) is 2. The monoisotopic (exact) mass is 603 g/mol. The molecule has 0 aliphatic heterocycles. The van der Waals surface area contributed by atoms with Crippen LogP contribution in [0, 0.1) is 0 Å². The maximum Gasteiger partial charge on any atom is 0.261 e. The molecule has 4 N–H and O–H groups in total. The highest BCUT2D eigenvalue weighted by Gasteiger charge is 2.50. The average Bonchev–Trinajstić information content (AvgIpc) is 3.46. The van der Waals surface area contributed by atoms with Gasteiger partial charge in [-0.25, -0.2) is 15.0 Å². The second kappa shape index (κ2) is 13.5. The fourth-order valence-electron chi connectivity index (χ4n) is 5.33. The maximum atomic E-state index is 6.93. The first-order valence-corrected chi connectivity index (χ1v) is 16.3. The lowest BCUT2D eigenvalue weighted by Gasteiger charge is -2.43. The largest absolute Gasteiger partial charge is 0.491 e. The van der Waals surface area contributed by atoms with Crippen molar-refractivity contribution in [1.82, 2.24) is 24.5 Å². The first kappa shape index (κ1) is 30.4. The lowest BCUT2D eigenvalue weighted by atomic mass is 10.2. The minimum atomic E-state index is -2.58. The third-order valence-corrected chi connectivity index (χ3v) is 12.3. The SMILES string of the molecule is CC(C)(C)[Si](OCCOc1ccc2c(ccn2-c2ccnc(N)n2)c1)(c1ccccc1)c1ccccc1.Nc1ncccn1. The van der Waals surface area contributed by atoms with Crippen molar-refractivity contribution in [3.63, 3.8) is 0 Å². The molecule has 9 nitrogen and oxygen atoms in total. The van der Waals surface area contributed by atoms with Gasteiger partial charge >= 0.3 is 0 Å². The topological polar surface area (TPSA) is 127 Å². The molecule has 3 aromatic heterocycles. The highest BCUT2D eigenvalue weighted by atomic mass is 28.4. The zero-order chi connectivity index (χ0) is 31.0. The second-order valence-electron chi connectivity index (χ2n) is 11.1. The molecule has 0 fully saturated rings. The first-order valence-electron chi connectivity index (χ1n) is 14.4. The van der Waals surface area contributed by atoms with Crippen LogP contribution in [-0.2, 0) is 4.43 Å². The van der Waals surface area contributed by atoms with Crippen LogP contribution in [0.4, 0.5) is 11.9 Å². The molecule has 0 saturated heterocycles. The van der Waals surface area contributed by atoms with Crippen molar-refractivity contribution in [3.05, 3.63) is 122 Å². The fourth-order valence-corrected chi connectivity index (χ4v) is 9.88. The zero-order valence-electron chi connectivity index (χ0n) is 25.2. The van der Waals surface area contributed by atoms with Gasteiger partial charge in [-0.1, -0.05) is 81.4 Å². The number of hydrogen-bond acceptors (Lipinski definition) is 8. The van der Waals surface area contributed by atoms with Gasteiger partial charge in [0.25, 0.3) is 8.32 Å². The lowest BCUT2D eigenvalue weighted by molar-refractivity contribution is 0.208. The van der Waals surface area contributed by atoms with Crippen molar-refractivity contribution in [2.45, 2.75) is 25.8 Å². The molecule has 0 radical (unpaired) electrons. The van der Waals surface area contributed by atoms with Gasteiger partial charge in [-0.2, -0.15) is 4.98 Å². The standard InChI is InChI=1S/C30H32N4O2Si.C4H5N3/c1-30(2,3)37(25-10-6-4-7-11-25,26-12-8-5-9-13-26)36-21-20-35-24-14-15-27-23(22-24)17-19-34(27)28-16-18-32-29(31)33-28;5-4-6-2-1-3-7-4/h4-19,22H,20-21H2,1-3H3,(H2,31,32,33);1-3H,(H2,5,6,7). The second-order valence-corrected chi connectivity index (χ2v) is 15.5. The quantitative estimate of drug-likeness (QED) is 0.184. The number of nitrogen functional groups attached to an aromatic ring is 2. The van der Waals surface area contributed by atoms with Crippen LogP contribution in [0.1, 0.15) is 20.8 Å². The number of nitrogens with two attached hydrogens (primary N) is 2. The predicted molar refractivity (Wildman–Crippen MR) is 179 cm³/mol. The molecule has 6 rings (SSSR count). The maximum absolute atomic E-state index is 6.93. The third kappa shape index (κ3) is 6.77. The van der Waals surface area contributed by atoms with Gasteiger partial charge in [-0.3, -0.25) is 0 Å². The average molecular weight is 604 g/mol. The van der Waals surface area contributed by atoms with E-state index in [1.807, 2.05) is 41.1 Å². The van der Waals surface area contributed by atoms with Gasteiger partial charge < -0.3 is 25.2 Å². The van der Waals surface area contributed by atoms with E-state index >= 15 is 0 Å². The van der Waals surface area contributed by atoms with Crippen LogP contribution in [0.3, 0.4) is 0 Å². The Morgan fingerprint density at radius 1 is 0.705 bits per heavy atom. The molecule has 0 spiro atoms. The molecule has 44 heavy (non-hydrogen) atoms. The lowest BCUT2D eigenvalue weighted by Crippen LogP contribution is -2.66. The van der Waals surface area contributed by atoms with Crippen LogP contribution in [0.15, 0.2) is 122 Å². The van der Waals surface area contributed by atoms with E-state index < -0.39 is 8.32 Å². The number of benzene rings is 3. The number of aromatic nitrogens is 5. The number of anilines is 2. The summed E-state index contributed by atoms with van der Waals surface area (Å²) < 4.78 is 15.1. The van der Waals surface area contributed by atoms with Crippen molar-refractivity contribution in [3.8, 4) is 11.6 Å². The minimum Gasteiger partial charge on any atom is -0.491 e. The van der Waals surface area contributed by atoms with Crippen LogP contribution < -0.4 is 26.6 Å². The summed E-state index contributed by atoms with van der Waals surface area (Å²) in [5, 5.41) is 3.52. The van der Waals surface area contributed by atoms with Crippen LogP contribution in [0.25, 0.3) is 16.7 Å². The van der Waals surface area contributed by atoms with Gasteiger partial charge in [0, 0.05) is 30.2 Å². The summed E-state index contributed by atoms with van der Waals surface area (Å²) in [7, 11) is -2.58. The van der Waals surface area contributed by atoms with Gasteiger partial charge in [0.2, 0.25) is 11.9 Å². The molecule has 0 aliphatic rings. The number of ether oxygens (including phenoxy) is 1. The summed E-state index contributed by atoms with van der Waals surface area (Å²) in [4.78, 5) is 15.6. The Kier molecular flexibility index (Phi) is 9.32. The van der Waals surface area contributed by atoms with E-state index in [0.29, 0.717) is 19.2 Å². The Morgan fingerprint density at radius 2 is 1.34 bits per heavy atom. The first-order chi connectivity index (χ1) is 21.3. The summed E-state index contributed by atoms with van der Waals surface area (Å²) in [5.74, 6) is 2.11. The number of nitrogens with zero attached hydrogens (tertiary/aromatic N) is 5. The summed E-state index contributed by atoms with van der Waals surface area (Å²) >= 11 is 0. The molecule has 6 aromatic rings. The molecule has 224 valence electrons. The Balaban J connectivity index is 0.000000484. The Labute approximate surface area is 258 Å². The zero-order valence-corrected chi connectivity index (χ0v) is 26.2. The summed E-state index contributed by atoms with van der Waals surface area (Å²) in [6.45, 7) is 7.80. The van der Waals surface area contributed by atoms with Crippen molar-refractivity contribution < 1.29 is 9.16 Å². The number of fused-ring (bicyclic) bond motifs is 1. The van der Waals surface area contributed by atoms with Gasteiger partial charge in [0.05, 0.1) is 12.1 Å². The molecular weight excluding hydrogens is 567 g/mol. The molecule has 0 bridgehead atoms. The van der Waals surface area contributed by atoms with E-state index in [1.54, 1.807) is 24.7 Å². The van der Waals surface area contributed by atoms with Crippen molar-refractivity contribution in [1.29, 1.82) is 0 Å². The summed E-state index contributed by atoms with van der Waals surface area (Å²) in [6, 6.07) is 33.0. The van der Waals surface area contributed by atoms with Gasteiger partial charge in [0.15, 0.2) is 0 Å². The van der Waals surface area contributed by atoms with Gasteiger partial charge in [0.1, 0.15) is 18.2 Å². The van der Waals surface area contributed by atoms with E-state index in [2.05, 4.69) is 101 Å². The van der Waals surface area contributed by atoms with Gasteiger partial charge in [-0.15, -0.1) is 0 Å². The molecule has 3 heterocycles. The van der Waals surface area contributed by atoms with Gasteiger partial charge in [-0.05, 0) is 51.8 Å². The molecule has 0 aliphatic carbocycles. The Hall–Kier alpha value is -5.06. The molecule has 3 aromatic carbocycles. The van der Waals surface area contributed by atoms with Crippen LogP contribution in [0.5, 0.6) is 5.75 Å².